The number of hydrogen-bond donors (Lipinski definition) is 3. The molecule has 0 saturated carbocycles. The second-order valence-corrected chi connectivity index (χ2v) is 29.8. The van der Waals surface area contributed by atoms with Gasteiger partial charge < -0.3 is 33.8 Å². The van der Waals surface area contributed by atoms with Gasteiger partial charge in [0.05, 0.1) is 26.4 Å². The fraction of sp³-hybridized carbons (Fsp3) is 0.944. The van der Waals surface area contributed by atoms with E-state index in [4.69, 9.17) is 37.0 Å². The molecule has 0 aromatic rings. The van der Waals surface area contributed by atoms with Crippen molar-refractivity contribution in [3.63, 3.8) is 0 Å². The van der Waals surface area contributed by atoms with Gasteiger partial charge in [0.25, 0.3) is 0 Å². The average Bonchev–Trinajstić information content (AvgIpc) is 3.71. The summed E-state index contributed by atoms with van der Waals surface area (Å²) in [5, 5.41) is 10.6. The van der Waals surface area contributed by atoms with Gasteiger partial charge >= 0.3 is 39.5 Å². The second kappa shape index (κ2) is 64.1. The van der Waals surface area contributed by atoms with Crippen LogP contribution in [0.2, 0.25) is 0 Å². The lowest BCUT2D eigenvalue weighted by Gasteiger charge is -2.21. The molecule has 0 aromatic carbocycles. The van der Waals surface area contributed by atoms with Crippen LogP contribution in [0, 0.1) is 11.8 Å². The van der Waals surface area contributed by atoms with E-state index in [0.717, 1.165) is 102 Å². The Balaban J connectivity index is 5.25. The van der Waals surface area contributed by atoms with Gasteiger partial charge in [0, 0.05) is 25.7 Å². The number of esters is 4. The molecule has 0 bridgehead atoms. The summed E-state index contributed by atoms with van der Waals surface area (Å²) in [5.41, 5.74) is 0. The first-order chi connectivity index (χ1) is 43.9. The molecule has 0 amide bonds. The van der Waals surface area contributed by atoms with E-state index in [1.165, 1.54) is 186 Å². The molecule has 0 spiro atoms. The number of hydrogen-bond acceptors (Lipinski definition) is 15. The second-order valence-electron chi connectivity index (χ2n) is 26.9. The molecule has 540 valence electrons. The molecule has 19 heteroatoms. The Morgan fingerprint density at radius 2 is 0.505 bits per heavy atom. The molecule has 0 fully saturated rings. The summed E-state index contributed by atoms with van der Waals surface area (Å²) in [6, 6.07) is 0. The molecular weight excluding hydrogens is 1200 g/mol. The molecule has 91 heavy (non-hydrogen) atoms. The summed E-state index contributed by atoms with van der Waals surface area (Å²) < 4.78 is 68.4. The van der Waals surface area contributed by atoms with E-state index in [9.17, 15) is 43.2 Å². The molecule has 0 rings (SSSR count). The standard InChI is InChI=1S/C72H140O17P2/c1-7-9-11-13-15-17-19-21-22-23-24-26-30-39-45-51-57-72(77)88-67(60-82-69(74)54-48-42-36-31-27-28-34-40-46-52-64(3)4)62-86-90(78,79)84-58-66(73)59-85-91(80,81)87-63-68(61-83-70(75)55-49-43-37-33-32-35-41-47-53-65(5)6)89-71(76)56-50-44-38-29-25-20-18-16-14-12-10-8-2/h64-68,73H,7-63H2,1-6H3,(H,78,79)(H,80,81)/t66-,67-,68-/m1/s1. The third kappa shape index (κ3) is 66.5. The van der Waals surface area contributed by atoms with Crippen LogP contribution in [-0.4, -0.2) is 96.7 Å². The Morgan fingerprint density at radius 1 is 0.297 bits per heavy atom. The molecule has 0 heterocycles. The number of carbonyl (C=O) groups is 4. The summed E-state index contributed by atoms with van der Waals surface area (Å²) >= 11 is 0. The minimum atomic E-state index is -4.95. The van der Waals surface area contributed by atoms with Crippen LogP contribution < -0.4 is 0 Å². The predicted molar refractivity (Wildman–Crippen MR) is 368 cm³/mol. The Morgan fingerprint density at radius 3 is 0.747 bits per heavy atom. The van der Waals surface area contributed by atoms with Crippen LogP contribution in [0.5, 0.6) is 0 Å². The normalized spacial score (nSPS) is 14.1. The van der Waals surface area contributed by atoms with E-state index in [-0.39, 0.29) is 25.7 Å². The molecule has 5 atom stereocenters. The Hall–Kier alpha value is -1.94. The fourth-order valence-electron chi connectivity index (χ4n) is 10.9. The zero-order chi connectivity index (χ0) is 67.2. The molecular formula is C72H140O17P2. The molecule has 0 aliphatic rings. The smallest absolute Gasteiger partial charge is 0.462 e. The minimum absolute atomic E-state index is 0.107. The quantitative estimate of drug-likeness (QED) is 0.0222. The topological polar surface area (TPSA) is 237 Å². The van der Waals surface area contributed by atoms with Crippen molar-refractivity contribution in [3.05, 3.63) is 0 Å². The molecule has 17 nitrogen and oxygen atoms in total. The number of ether oxygens (including phenoxy) is 4. The van der Waals surface area contributed by atoms with Crippen LogP contribution in [0.1, 0.15) is 369 Å². The van der Waals surface area contributed by atoms with Crippen LogP contribution >= 0.6 is 15.6 Å². The summed E-state index contributed by atoms with van der Waals surface area (Å²) in [6.45, 7) is 9.52. The number of aliphatic hydroxyl groups is 1. The van der Waals surface area contributed by atoms with Crippen LogP contribution in [0.15, 0.2) is 0 Å². The van der Waals surface area contributed by atoms with E-state index < -0.39 is 97.5 Å². The average molecular weight is 1340 g/mol. The Labute approximate surface area is 556 Å². The van der Waals surface area contributed by atoms with Crippen molar-refractivity contribution >= 4 is 39.5 Å². The maximum Gasteiger partial charge on any atom is 0.472 e. The molecule has 0 radical (unpaired) electrons. The summed E-state index contributed by atoms with van der Waals surface area (Å²) in [6.07, 6.45) is 49.9. The monoisotopic (exact) mass is 1340 g/mol. The first-order valence-electron chi connectivity index (χ1n) is 37.5. The molecule has 0 saturated heterocycles. The van der Waals surface area contributed by atoms with E-state index in [2.05, 4.69) is 41.5 Å². The highest BCUT2D eigenvalue weighted by Crippen LogP contribution is 2.45. The van der Waals surface area contributed by atoms with E-state index in [1.807, 2.05) is 0 Å². The van der Waals surface area contributed by atoms with Crippen molar-refractivity contribution in [3.8, 4) is 0 Å². The maximum atomic E-state index is 13.0. The number of phosphoric acid groups is 2. The van der Waals surface area contributed by atoms with E-state index >= 15 is 0 Å². The first-order valence-corrected chi connectivity index (χ1v) is 40.5. The van der Waals surface area contributed by atoms with Gasteiger partial charge in [0.15, 0.2) is 12.2 Å². The van der Waals surface area contributed by atoms with Gasteiger partial charge in [-0.3, -0.25) is 37.3 Å². The molecule has 0 aliphatic heterocycles. The maximum absolute atomic E-state index is 13.0. The zero-order valence-electron chi connectivity index (χ0n) is 59.1. The zero-order valence-corrected chi connectivity index (χ0v) is 60.9. The number of carbonyl (C=O) groups excluding carboxylic acids is 4. The Kier molecular flexibility index (Phi) is 62.7. The fourth-order valence-corrected chi connectivity index (χ4v) is 12.5. The van der Waals surface area contributed by atoms with Crippen molar-refractivity contribution in [2.75, 3.05) is 39.6 Å². The van der Waals surface area contributed by atoms with Crippen molar-refractivity contribution < 1.29 is 80.2 Å². The molecule has 0 aliphatic carbocycles. The lowest BCUT2D eigenvalue weighted by atomic mass is 10.0. The molecule has 0 aromatic heterocycles. The number of phosphoric ester groups is 2. The van der Waals surface area contributed by atoms with E-state index in [1.54, 1.807) is 0 Å². The van der Waals surface area contributed by atoms with Gasteiger partial charge in [0.2, 0.25) is 0 Å². The van der Waals surface area contributed by atoms with Crippen LogP contribution in [0.25, 0.3) is 0 Å². The van der Waals surface area contributed by atoms with Crippen LogP contribution in [-0.2, 0) is 65.4 Å². The van der Waals surface area contributed by atoms with Crippen LogP contribution in [0.3, 0.4) is 0 Å². The summed E-state index contributed by atoms with van der Waals surface area (Å²) in [7, 11) is -9.90. The largest absolute Gasteiger partial charge is 0.472 e. The van der Waals surface area contributed by atoms with Gasteiger partial charge in [-0.2, -0.15) is 0 Å². The highest BCUT2D eigenvalue weighted by atomic mass is 31.2. The van der Waals surface area contributed by atoms with Gasteiger partial charge in [-0.15, -0.1) is 0 Å². The summed E-state index contributed by atoms with van der Waals surface area (Å²) in [5.74, 6) is -0.650. The summed E-state index contributed by atoms with van der Waals surface area (Å²) in [4.78, 5) is 72.6. The van der Waals surface area contributed by atoms with E-state index in [0.29, 0.717) is 25.7 Å². The Bertz CT molecular complexity index is 1770. The molecule has 3 N–H and O–H groups in total. The first kappa shape index (κ1) is 89.1. The lowest BCUT2D eigenvalue weighted by Crippen LogP contribution is -2.30. The third-order valence-electron chi connectivity index (χ3n) is 16.7. The number of rotatable bonds is 71. The van der Waals surface area contributed by atoms with Gasteiger partial charge in [-0.1, -0.05) is 318 Å². The lowest BCUT2D eigenvalue weighted by molar-refractivity contribution is -0.161. The number of unbranched alkanes of at least 4 members (excludes halogenated alkanes) is 41. The van der Waals surface area contributed by atoms with Gasteiger partial charge in [-0.25, -0.2) is 9.13 Å². The predicted octanol–water partition coefficient (Wildman–Crippen LogP) is 20.8. The van der Waals surface area contributed by atoms with Crippen molar-refractivity contribution in [2.45, 2.75) is 387 Å². The third-order valence-corrected chi connectivity index (χ3v) is 18.6. The van der Waals surface area contributed by atoms with Gasteiger partial charge in [0.1, 0.15) is 19.3 Å². The minimum Gasteiger partial charge on any atom is -0.462 e. The van der Waals surface area contributed by atoms with Gasteiger partial charge in [-0.05, 0) is 37.5 Å². The SMILES string of the molecule is CCCCCCCCCCCCCCCCCCC(=O)O[C@H](COC(=O)CCCCCCCCCCCC(C)C)COP(=O)(O)OC[C@@H](O)COP(=O)(O)OC[C@@H](COC(=O)CCCCCCCCCCC(C)C)OC(=O)CCCCCCCCCCCCCC. The van der Waals surface area contributed by atoms with Crippen molar-refractivity contribution in [1.29, 1.82) is 0 Å². The number of aliphatic hydroxyl groups excluding tert-OH is 1. The highest BCUT2D eigenvalue weighted by molar-refractivity contribution is 7.47. The van der Waals surface area contributed by atoms with Crippen molar-refractivity contribution in [1.82, 2.24) is 0 Å². The molecule has 2 unspecified atom stereocenters. The van der Waals surface area contributed by atoms with Crippen molar-refractivity contribution in [2.24, 2.45) is 11.8 Å². The highest BCUT2D eigenvalue weighted by Gasteiger charge is 2.30. The van der Waals surface area contributed by atoms with Crippen LogP contribution in [0.4, 0.5) is 0 Å².